The lowest BCUT2D eigenvalue weighted by molar-refractivity contribution is 0.215. The number of carbonyl (C=O) groups excluding carboxylic acids is 1. The first-order valence-electron chi connectivity index (χ1n) is 6.40. The number of fused-ring (bicyclic) bond motifs is 1. The van der Waals surface area contributed by atoms with Gasteiger partial charge in [-0.25, -0.2) is 13.6 Å². The Bertz CT molecular complexity index is 835. The molecule has 1 heterocycles. The number of ether oxygens (including phenoxy) is 1. The molecule has 0 aliphatic carbocycles. The van der Waals surface area contributed by atoms with E-state index in [0.717, 1.165) is 0 Å². The third-order valence-electron chi connectivity index (χ3n) is 2.93. The molecule has 0 saturated heterocycles. The Kier molecular flexibility index (Phi) is 3.65. The number of nitrogens with zero attached hydrogens (tertiary/aromatic N) is 1. The van der Waals surface area contributed by atoms with Crippen molar-refractivity contribution in [3.63, 3.8) is 0 Å². The predicted molar refractivity (Wildman–Crippen MR) is 77.7 cm³/mol. The van der Waals surface area contributed by atoms with Crippen molar-refractivity contribution in [2.24, 2.45) is 0 Å². The molecule has 3 rings (SSSR count). The maximum Gasteiger partial charge on any atom is 0.417 e. The largest absolute Gasteiger partial charge is 0.417 e. The normalized spacial score (nSPS) is 10.5. The lowest BCUT2D eigenvalue weighted by Gasteiger charge is -2.07. The molecule has 0 fully saturated rings. The van der Waals surface area contributed by atoms with Gasteiger partial charge in [0.15, 0.2) is 0 Å². The van der Waals surface area contributed by atoms with E-state index in [4.69, 9.17) is 4.74 Å². The molecule has 3 aromatic rings. The predicted octanol–water partition coefficient (Wildman–Crippen LogP) is 4.12. The van der Waals surface area contributed by atoms with Gasteiger partial charge in [0, 0.05) is 5.39 Å². The van der Waals surface area contributed by atoms with E-state index in [-0.39, 0.29) is 11.3 Å². The molecular formula is C16H10F2N2O2. The number of carbonyl (C=O) groups is 1. The van der Waals surface area contributed by atoms with Gasteiger partial charge in [-0.3, -0.25) is 10.3 Å². The van der Waals surface area contributed by atoms with E-state index in [0.29, 0.717) is 11.1 Å². The third-order valence-corrected chi connectivity index (χ3v) is 2.93. The fraction of sp³-hybridized carbons (Fsp3) is 0. The van der Waals surface area contributed by atoms with Gasteiger partial charge in [-0.2, -0.15) is 0 Å². The topological polar surface area (TPSA) is 51.2 Å². The molecule has 0 atom stereocenters. The van der Waals surface area contributed by atoms with Gasteiger partial charge in [-0.05, 0) is 36.4 Å². The molecule has 22 heavy (non-hydrogen) atoms. The van der Waals surface area contributed by atoms with Crippen LogP contribution < -0.4 is 10.1 Å². The van der Waals surface area contributed by atoms with Gasteiger partial charge in [0.05, 0.1) is 11.9 Å². The second kappa shape index (κ2) is 5.77. The van der Waals surface area contributed by atoms with Crippen molar-refractivity contribution in [1.82, 2.24) is 4.98 Å². The zero-order valence-electron chi connectivity index (χ0n) is 11.2. The molecule has 0 spiro atoms. The molecule has 1 N–H and O–H groups in total. The fourth-order valence-corrected chi connectivity index (χ4v) is 1.94. The van der Waals surface area contributed by atoms with E-state index in [9.17, 15) is 13.6 Å². The molecule has 0 aliphatic rings. The first-order valence-corrected chi connectivity index (χ1v) is 6.40. The van der Waals surface area contributed by atoms with E-state index in [1.54, 1.807) is 18.2 Å². The Morgan fingerprint density at radius 3 is 2.64 bits per heavy atom. The van der Waals surface area contributed by atoms with Crippen LogP contribution in [0.25, 0.3) is 10.9 Å². The van der Waals surface area contributed by atoms with Gasteiger partial charge in [-0.15, -0.1) is 0 Å². The molecule has 2 aromatic carbocycles. The van der Waals surface area contributed by atoms with E-state index in [2.05, 4.69) is 10.3 Å². The molecule has 0 saturated carbocycles. The summed E-state index contributed by atoms with van der Waals surface area (Å²) < 4.78 is 31.2. The van der Waals surface area contributed by atoms with Crippen LogP contribution in [-0.4, -0.2) is 11.1 Å². The minimum atomic E-state index is -0.746. The highest BCUT2D eigenvalue weighted by atomic mass is 19.1. The molecule has 0 aliphatic heterocycles. The minimum Gasteiger partial charge on any atom is -0.410 e. The molecule has 0 bridgehead atoms. The number of nitrogens with one attached hydrogen (secondary N) is 1. The zero-order chi connectivity index (χ0) is 15.5. The van der Waals surface area contributed by atoms with Crippen LogP contribution in [0.1, 0.15) is 0 Å². The number of hydrogen-bond donors (Lipinski definition) is 1. The first-order chi connectivity index (χ1) is 10.6. The summed E-state index contributed by atoms with van der Waals surface area (Å²) in [6.07, 6.45) is 0.585. The Morgan fingerprint density at radius 1 is 1.09 bits per heavy atom. The summed E-state index contributed by atoms with van der Waals surface area (Å²) in [5, 5.41) is 3.03. The number of pyridine rings is 1. The van der Waals surface area contributed by atoms with E-state index in [1.165, 1.54) is 36.5 Å². The average molecular weight is 300 g/mol. The maximum absolute atomic E-state index is 13.5. The van der Waals surface area contributed by atoms with E-state index >= 15 is 0 Å². The number of halogens is 2. The molecule has 0 unspecified atom stereocenters. The van der Waals surface area contributed by atoms with Crippen molar-refractivity contribution in [2.45, 2.75) is 0 Å². The summed E-state index contributed by atoms with van der Waals surface area (Å²) in [6, 6.07) is 11.2. The van der Waals surface area contributed by atoms with Crippen molar-refractivity contribution >= 4 is 22.7 Å². The molecule has 0 radical (unpaired) electrons. The van der Waals surface area contributed by atoms with Crippen LogP contribution in [-0.2, 0) is 0 Å². The van der Waals surface area contributed by atoms with Crippen LogP contribution in [0.2, 0.25) is 0 Å². The van der Waals surface area contributed by atoms with E-state index in [1.807, 2.05) is 0 Å². The van der Waals surface area contributed by atoms with Crippen molar-refractivity contribution in [2.75, 3.05) is 5.32 Å². The highest BCUT2D eigenvalue weighted by molar-refractivity contribution is 5.90. The van der Waals surface area contributed by atoms with Gasteiger partial charge in [0.25, 0.3) is 0 Å². The van der Waals surface area contributed by atoms with Crippen LogP contribution in [0.5, 0.6) is 5.75 Å². The number of anilines is 1. The standard InChI is InChI=1S/C16H10F2N2O2/c17-11-4-6-13(7-5-11)22-16(21)20-12-8-10-2-1-3-14(18)15(10)19-9-12/h1-9H,(H,20,21). The molecule has 6 heteroatoms. The van der Waals surface area contributed by atoms with Crippen molar-refractivity contribution in [3.8, 4) is 5.75 Å². The summed E-state index contributed by atoms with van der Waals surface area (Å²) >= 11 is 0. The summed E-state index contributed by atoms with van der Waals surface area (Å²) in [6.45, 7) is 0. The molecular weight excluding hydrogens is 290 g/mol. The molecule has 1 aromatic heterocycles. The number of amides is 1. The molecule has 1 amide bonds. The second-order valence-corrected chi connectivity index (χ2v) is 4.50. The summed E-state index contributed by atoms with van der Waals surface area (Å²) in [7, 11) is 0. The summed E-state index contributed by atoms with van der Waals surface area (Å²) in [5.74, 6) is -0.648. The summed E-state index contributed by atoms with van der Waals surface area (Å²) in [5.41, 5.74) is 0.588. The van der Waals surface area contributed by atoms with Crippen LogP contribution >= 0.6 is 0 Å². The van der Waals surface area contributed by atoms with Gasteiger partial charge in [-0.1, -0.05) is 12.1 Å². The molecule has 110 valence electrons. The Balaban J connectivity index is 1.75. The number of benzene rings is 2. The van der Waals surface area contributed by atoms with Crippen molar-refractivity contribution in [1.29, 1.82) is 0 Å². The van der Waals surface area contributed by atoms with Gasteiger partial charge < -0.3 is 4.74 Å². The smallest absolute Gasteiger partial charge is 0.410 e. The highest BCUT2D eigenvalue weighted by Gasteiger charge is 2.08. The Labute approximate surface area is 124 Å². The Morgan fingerprint density at radius 2 is 1.86 bits per heavy atom. The lowest BCUT2D eigenvalue weighted by Crippen LogP contribution is -2.16. The van der Waals surface area contributed by atoms with Gasteiger partial charge >= 0.3 is 6.09 Å². The van der Waals surface area contributed by atoms with E-state index < -0.39 is 17.7 Å². The third kappa shape index (κ3) is 3.01. The number of aromatic nitrogens is 1. The van der Waals surface area contributed by atoms with Crippen LogP contribution in [0, 0.1) is 11.6 Å². The van der Waals surface area contributed by atoms with Crippen molar-refractivity contribution in [3.05, 3.63) is 66.4 Å². The highest BCUT2D eigenvalue weighted by Crippen LogP contribution is 2.19. The van der Waals surface area contributed by atoms with Crippen LogP contribution in [0.15, 0.2) is 54.7 Å². The number of para-hydroxylation sites is 1. The van der Waals surface area contributed by atoms with Crippen LogP contribution in [0.3, 0.4) is 0 Å². The monoisotopic (exact) mass is 300 g/mol. The first kappa shape index (κ1) is 13.9. The zero-order valence-corrected chi connectivity index (χ0v) is 11.2. The SMILES string of the molecule is O=C(Nc1cnc2c(F)cccc2c1)Oc1ccc(F)cc1. The maximum atomic E-state index is 13.5. The minimum absolute atomic E-state index is 0.207. The fourth-order valence-electron chi connectivity index (χ4n) is 1.94. The molecule has 4 nitrogen and oxygen atoms in total. The summed E-state index contributed by atoms with van der Waals surface area (Å²) in [4.78, 5) is 15.7. The quantitative estimate of drug-likeness (QED) is 0.774. The van der Waals surface area contributed by atoms with Crippen LogP contribution in [0.4, 0.5) is 19.3 Å². The van der Waals surface area contributed by atoms with Crippen molar-refractivity contribution < 1.29 is 18.3 Å². The van der Waals surface area contributed by atoms with Gasteiger partial charge in [0.1, 0.15) is 22.9 Å². The van der Waals surface area contributed by atoms with Gasteiger partial charge in [0.2, 0.25) is 0 Å². The average Bonchev–Trinajstić information content (AvgIpc) is 2.50. The second-order valence-electron chi connectivity index (χ2n) is 4.50. The Hall–Kier alpha value is -3.02. The lowest BCUT2D eigenvalue weighted by atomic mass is 10.2. The number of hydrogen-bond acceptors (Lipinski definition) is 3. The number of rotatable bonds is 2.